The van der Waals surface area contributed by atoms with Crippen LogP contribution in [0.3, 0.4) is 0 Å². The molecule has 0 amide bonds. The molecule has 3 heteroatoms. The average Bonchev–Trinajstić information content (AvgIpc) is 2.64. The zero-order valence-electron chi connectivity index (χ0n) is 9.82. The minimum Gasteiger partial charge on any atom is -0.424 e. The number of rotatable bonds is 1. The summed E-state index contributed by atoms with van der Waals surface area (Å²) in [5, 5.41) is 0. The third kappa shape index (κ3) is 1.94. The molecule has 0 fully saturated rings. The van der Waals surface area contributed by atoms with Crippen molar-refractivity contribution in [1.29, 1.82) is 0 Å². The molecule has 0 saturated heterocycles. The monoisotopic (exact) mass is 216 g/mol. The van der Waals surface area contributed by atoms with Crippen molar-refractivity contribution in [3.8, 4) is 11.3 Å². The first-order valence-corrected chi connectivity index (χ1v) is 5.29. The van der Waals surface area contributed by atoms with E-state index in [1.807, 2.05) is 18.2 Å². The molecule has 0 unspecified atom stereocenters. The number of oxazole rings is 1. The molecule has 2 N–H and O–H groups in total. The maximum atomic E-state index is 5.50. The molecule has 1 aromatic carbocycles. The van der Waals surface area contributed by atoms with E-state index in [0.717, 1.165) is 11.3 Å². The Morgan fingerprint density at radius 2 is 1.88 bits per heavy atom. The zero-order chi connectivity index (χ0) is 11.8. The Bertz CT molecular complexity index is 495. The first kappa shape index (κ1) is 10.7. The third-order valence-corrected chi connectivity index (χ3v) is 2.52. The highest BCUT2D eigenvalue weighted by Crippen LogP contribution is 2.33. The van der Waals surface area contributed by atoms with Gasteiger partial charge in [0.05, 0.1) is 6.20 Å². The van der Waals surface area contributed by atoms with E-state index in [2.05, 4.69) is 31.8 Å². The van der Waals surface area contributed by atoms with Gasteiger partial charge in [-0.3, -0.25) is 0 Å². The summed E-state index contributed by atoms with van der Waals surface area (Å²) in [6.45, 7) is 6.52. The number of nitrogens with two attached hydrogens (primary N) is 1. The summed E-state index contributed by atoms with van der Waals surface area (Å²) in [7, 11) is 0. The second-order valence-corrected chi connectivity index (χ2v) is 4.86. The number of hydrogen-bond acceptors (Lipinski definition) is 3. The van der Waals surface area contributed by atoms with E-state index in [9.17, 15) is 0 Å². The van der Waals surface area contributed by atoms with Crippen molar-refractivity contribution < 1.29 is 4.42 Å². The van der Waals surface area contributed by atoms with Crippen molar-refractivity contribution in [2.24, 2.45) is 0 Å². The van der Waals surface area contributed by atoms with Gasteiger partial charge in [-0.1, -0.05) is 45.0 Å². The fraction of sp³-hybridized carbons (Fsp3) is 0.308. The smallest absolute Gasteiger partial charge is 0.292 e. The van der Waals surface area contributed by atoms with Crippen LogP contribution in [0, 0.1) is 0 Å². The SMILES string of the molecule is CC(C)(C)c1ccccc1-c1cnc(N)o1. The zero-order valence-corrected chi connectivity index (χ0v) is 9.82. The molecule has 0 radical (unpaired) electrons. The van der Waals surface area contributed by atoms with Crippen molar-refractivity contribution in [2.75, 3.05) is 5.73 Å². The third-order valence-electron chi connectivity index (χ3n) is 2.52. The van der Waals surface area contributed by atoms with Gasteiger partial charge in [0.1, 0.15) is 0 Å². The molecule has 1 aromatic heterocycles. The predicted molar refractivity (Wildman–Crippen MR) is 65.1 cm³/mol. The van der Waals surface area contributed by atoms with Gasteiger partial charge in [0, 0.05) is 5.56 Å². The summed E-state index contributed by atoms with van der Waals surface area (Å²) in [6.07, 6.45) is 1.67. The van der Waals surface area contributed by atoms with Gasteiger partial charge >= 0.3 is 0 Å². The number of benzene rings is 1. The Morgan fingerprint density at radius 1 is 1.19 bits per heavy atom. The number of anilines is 1. The van der Waals surface area contributed by atoms with Crippen molar-refractivity contribution in [1.82, 2.24) is 4.98 Å². The highest BCUT2D eigenvalue weighted by atomic mass is 16.4. The van der Waals surface area contributed by atoms with Gasteiger partial charge in [-0.05, 0) is 11.0 Å². The number of hydrogen-bond donors (Lipinski definition) is 1. The molecular formula is C13H16N2O. The molecule has 0 aliphatic rings. The van der Waals surface area contributed by atoms with Gasteiger partial charge in [-0.15, -0.1) is 0 Å². The highest BCUT2D eigenvalue weighted by Gasteiger charge is 2.19. The Kier molecular flexibility index (Phi) is 2.46. The Hall–Kier alpha value is -1.77. The van der Waals surface area contributed by atoms with Gasteiger partial charge in [0.25, 0.3) is 6.01 Å². The molecule has 2 aromatic rings. The van der Waals surface area contributed by atoms with Gasteiger partial charge in [0.15, 0.2) is 5.76 Å². The van der Waals surface area contributed by atoms with Crippen LogP contribution in [0.4, 0.5) is 6.01 Å². The van der Waals surface area contributed by atoms with Crippen molar-refractivity contribution in [3.63, 3.8) is 0 Å². The fourth-order valence-corrected chi connectivity index (χ4v) is 1.76. The largest absolute Gasteiger partial charge is 0.424 e. The van der Waals surface area contributed by atoms with Crippen LogP contribution < -0.4 is 5.73 Å². The number of nitrogens with zero attached hydrogens (tertiary/aromatic N) is 1. The lowest BCUT2D eigenvalue weighted by molar-refractivity contribution is 0.573. The van der Waals surface area contributed by atoms with Gasteiger partial charge < -0.3 is 10.2 Å². The lowest BCUT2D eigenvalue weighted by Crippen LogP contribution is -2.12. The van der Waals surface area contributed by atoms with E-state index in [4.69, 9.17) is 10.2 Å². The lowest BCUT2D eigenvalue weighted by atomic mass is 9.83. The number of nitrogen functional groups attached to an aromatic ring is 1. The van der Waals surface area contributed by atoms with Crippen molar-refractivity contribution >= 4 is 6.01 Å². The summed E-state index contributed by atoms with van der Waals surface area (Å²) in [5.41, 5.74) is 7.85. The molecule has 2 rings (SSSR count). The molecule has 0 atom stereocenters. The van der Waals surface area contributed by atoms with E-state index in [0.29, 0.717) is 0 Å². The van der Waals surface area contributed by atoms with Crippen LogP contribution in [0.25, 0.3) is 11.3 Å². The molecular weight excluding hydrogens is 200 g/mol. The predicted octanol–water partition coefficient (Wildman–Crippen LogP) is 3.22. The summed E-state index contributed by atoms with van der Waals surface area (Å²) >= 11 is 0. The van der Waals surface area contributed by atoms with Gasteiger partial charge in [0.2, 0.25) is 0 Å². The van der Waals surface area contributed by atoms with Gasteiger partial charge in [-0.25, -0.2) is 4.98 Å². The molecule has 84 valence electrons. The van der Waals surface area contributed by atoms with Crippen LogP contribution in [-0.4, -0.2) is 4.98 Å². The van der Waals surface area contributed by atoms with Crippen molar-refractivity contribution in [3.05, 3.63) is 36.0 Å². The highest BCUT2D eigenvalue weighted by molar-refractivity contribution is 5.63. The molecule has 16 heavy (non-hydrogen) atoms. The van der Waals surface area contributed by atoms with E-state index in [1.165, 1.54) is 5.56 Å². The van der Waals surface area contributed by atoms with Crippen LogP contribution >= 0.6 is 0 Å². The quantitative estimate of drug-likeness (QED) is 0.796. The summed E-state index contributed by atoms with van der Waals surface area (Å²) in [4.78, 5) is 3.93. The van der Waals surface area contributed by atoms with Crippen molar-refractivity contribution in [2.45, 2.75) is 26.2 Å². The second kappa shape index (κ2) is 3.67. The molecule has 1 heterocycles. The number of aromatic nitrogens is 1. The van der Waals surface area contributed by atoms with E-state index >= 15 is 0 Å². The Balaban J connectivity index is 2.57. The first-order chi connectivity index (χ1) is 7.48. The van der Waals surface area contributed by atoms with Crippen LogP contribution in [0.5, 0.6) is 0 Å². The second-order valence-electron chi connectivity index (χ2n) is 4.86. The maximum Gasteiger partial charge on any atom is 0.292 e. The maximum absolute atomic E-state index is 5.50. The van der Waals surface area contributed by atoms with Crippen LogP contribution in [-0.2, 0) is 5.41 Å². The van der Waals surface area contributed by atoms with Crippen LogP contribution in [0.15, 0.2) is 34.9 Å². The summed E-state index contributed by atoms with van der Waals surface area (Å²) in [5.74, 6) is 0.725. The minimum absolute atomic E-state index is 0.0676. The normalized spacial score (nSPS) is 11.7. The Labute approximate surface area is 95.3 Å². The molecule has 0 aliphatic carbocycles. The topological polar surface area (TPSA) is 52.0 Å². The minimum atomic E-state index is 0.0676. The average molecular weight is 216 g/mol. The summed E-state index contributed by atoms with van der Waals surface area (Å²) in [6, 6.07) is 8.36. The molecule has 0 spiro atoms. The summed E-state index contributed by atoms with van der Waals surface area (Å²) < 4.78 is 5.37. The van der Waals surface area contributed by atoms with Gasteiger partial charge in [-0.2, -0.15) is 0 Å². The molecule has 0 saturated carbocycles. The fourth-order valence-electron chi connectivity index (χ4n) is 1.76. The van der Waals surface area contributed by atoms with E-state index in [-0.39, 0.29) is 11.4 Å². The lowest BCUT2D eigenvalue weighted by Gasteiger charge is -2.21. The van der Waals surface area contributed by atoms with E-state index in [1.54, 1.807) is 6.20 Å². The molecule has 0 aliphatic heterocycles. The van der Waals surface area contributed by atoms with E-state index < -0.39 is 0 Å². The molecule has 3 nitrogen and oxygen atoms in total. The molecule has 0 bridgehead atoms. The Morgan fingerprint density at radius 3 is 2.44 bits per heavy atom. The standard InChI is InChI=1S/C13H16N2O/c1-13(2,3)10-7-5-4-6-9(10)11-8-15-12(14)16-11/h4-8H,1-3H3,(H2,14,15). The first-order valence-electron chi connectivity index (χ1n) is 5.29. The van der Waals surface area contributed by atoms with Crippen LogP contribution in [0.2, 0.25) is 0 Å². The van der Waals surface area contributed by atoms with Crippen LogP contribution in [0.1, 0.15) is 26.3 Å².